The summed E-state index contributed by atoms with van der Waals surface area (Å²) >= 11 is 1.88. The molecule has 2 aliphatic carbocycles. The van der Waals surface area contributed by atoms with Crippen molar-refractivity contribution in [3.8, 4) is 27.9 Å². The Hall–Kier alpha value is -7.20. The zero-order valence-corrected chi connectivity index (χ0v) is 38.3. The summed E-state index contributed by atoms with van der Waals surface area (Å²) in [6.07, 6.45) is 17.0. The first kappa shape index (κ1) is 40.3. The number of thiophene rings is 1. The van der Waals surface area contributed by atoms with Gasteiger partial charge in [0.2, 0.25) is 0 Å². The lowest BCUT2D eigenvalue weighted by Gasteiger charge is -2.35. The van der Waals surface area contributed by atoms with Crippen molar-refractivity contribution in [3.63, 3.8) is 0 Å². The molecule has 0 saturated carbocycles. The fourth-order valence-corrected chi connectivity index (χ4v) is 12.2. The van der Waals surface area contributed by atoms with Gasteiger partial charge in [0.1, 0.15) is 0 Å². The summed E-state index contributed by atoms with van der Waals surface area (Å²) in [6, 6.07) is 68.4. The van der Waals surface area contributed by atoms with Crippen LogP contribution in [-0.4, -0.2) is 10.6 Å². The quantitative estimate of drug-likeness (QED) is 0.126. The lowest BCUT2D eigenvalue weighted by atomic mass is 9.76. The van der Waals surface area contributed by atoms with Gasteiger partial charge in [0, 0.05) is 60.2 Å². The maximum absolute atomic E-state index is 2.63. The summed E-state index contributed by atoms with van der Waals surface area (Å²) in [5, 5.41) is 5.18. The Balaban J connectivity index is 0.935. The third-order valence-corrected chi connectivity index (χ3v) is 15.6. The molecule has 0 fully saturated rings. The van der Waals surface area contributed by atoms with Crippen LogP contribution < -0.4 is 4.90 Å². The number of aromatic nitrogens is 1. The van der Waals surface area contributed by atoms with Gasteiger partial charge < -0.3 is 9.47 Å². The average molecular weight is 869 g/mol. The SMILES string of the molecule is CCC(CCC(C)c1ccc2c(c1)C=CC1C=CC=CC21)N(c1ccc(-c2ccccc2)cc1)c1cccc(-c2cccc3c2c2ccccc2n3-c2cccc3sc4ccccc4c23)c1. The summed E-state index contributed by atoms with van der Waals surface area (Å²) in [6.45, 7) is 4.79. The Morgan fingerprint density at radius 2 is 1.29 bits per heavy atom. The minimum Gasteiger partial charge on any atom is -0.338 e. The summed E-state index contributed by atoms with van der Waals surface area (Å²) in [5.41, 5.74) is 15.3. The molecule has 12 rings (SSSR count). The van der Waals surface area contributed by atoms with Crippen LogP contribution in [0.5, 0.6) is 0 Å². The first-order valence-electron chi connectivity index (χ1n) is 23.8. The molecule has 0 saturated heterocycles. The lowest BCUT2D eigenvalue weighted by molar-refractivity contribution is 0.522. The van der Waals surface area contributed by atoms with Crippen molar-refractivity contribution in [2.75, 3.05) is 4.90 Å². The van der Waals surface area contributed by atoms with Crippen molar-refractivity contribution < 1.29 is 0 Å². The van der Waals surface area contributed by atoms with Gasteiger partial charge in [-0.1, -0.05) is 178 Å². The summed E-state index contributed by atoms with van der Waals surface area (Å²) in [5.74, 6) is 1.33. The maximum Gasteiger partial charge on any atom is 0.0555 e. The van der Waals surface area contributed by atoms with Crippen LogP contribution in [0, 0.1) is 5.92 Å². The monoisotopic (exact) mass is 868 g/mol. The van der Waals surface area contributed by atoms with E-state index in [1.165, 1.54) is 98.0 Å². The van der Waals surface area contributed by atoms with E-state index in [2.05, 4.69) is 242 Å². The Labute approximate surface area is 392 Å². The molecular weight excluding hydrogens is 817 g/mol. The minimum atomic E-state index is 0.293. The molecule has 320 valence electrons. The number of anilines is 2. The molecule has 66 heavy (non-hydrogen) atoms. The second kappa shape index (κ2) is 17.0. The molecule has 3 heteroatoms. The summed E-state index contributed by atoms with van der Waals surface area (Å²) < 4.78 is 5.14. The van der Waals surface area contributed by atoms with Gasteiger partial charge in [-0.05, 0) is 119 Å². The number of fused-ring (bicyclic) bond motifs is 9. The van der Waals surface area contributed by atoms with Gasteiger partial charge in [-0.25, -0.2) is 0 Å². The number of para-hydroxylation sites is 1. The first-order chi connectivity index (χ1) is 32.6. The zero-order chi connectivity index (χ0) is 44.1. The maximum atomic E-state index is 2.63. The van der Waals surface area contributed by atoms with Crippen LogP contribution in [-0.2, 0) is 0 Å². The Kier molecular flexibility index (Phi) is 10.4. The number of hydrogen-bond donors (Lipinski definition) is 0. The highest BCUT2D eigenvalue weighted by Gasteiger charge is 2.26. The predicted octanol–water partition coefficient (Wildman–Crippen LogP) is 17.8. The molecule has 0 aliphatic heterocycles. The molecule has 8 aromatic carbocycles. The van der Waals surface area contributed by atoms with E-state index < -0.39 is 0 Å². The lowest BCUT2D eigenvalue weighted by Crippen LogP contribution is -2.31. The van der Waals surface area contributed by atoms with Crippen molar-refractivity contribution in [1.82, 2.24) is 4.57 Å². The van der Waals surface area contributed by atoms with Crippen molar-refractivity contribution in [2.24, 2.45) is 5.92 Å². The van der Waals surface area contributed by atoms with Crippen molar-refractivity contribution in [2.45, 2.75) is 51.0 Å². The molecule has 2 aromatic heterocycles. The molecule has 2 aliphatic rings. The van der Waals surface area contributed by atoms with Crippen LogP contribution in [0.1, 0.15) is 61.6 Å². The van der Waals surface area contributed by atoms with E-state index in [9.17, 15) is 0 Å². The van der Waals surface area contributed by atoms with Gasteiger partial charge in [0.25, 0.3) is 0 Å². The molecule has 0 radical (unpaired) electrons. The number of benzene rings is 8. The van der Waals surface area contributed by atoms with Crippen LogP contribution in [0.2, 0.25) is 0 Å². The molecule has 2 heterocycles. The fourth-order valence-electron chi connectivity index (χ4n) is 11.1. The molecule has 0 N–H and O–H groups in total. The van der Waals surface area contributed by atoms with E-state index in [-0.39, 0.29) is 0 Å². The first-order valence-corrected chi connectivity index (χ1v) is 24.6. The molecule has 0 amide bonds. The number of nitrogens with zero attached hydrogens (tertiary/aromatic N) is 2. The fraction of sp³-hybridized carbons (Fsp3) is 0.143. The van der Waals surface area contributed by atoms with Gasteiger partial charge in [0.05, 0.1) is 16.7 Å². The highest BCUT2D eigenvalue weighted by Crippen LogP contribution is 2.45. The van der Waals surface area contributed by atoms with Crippen molar-refractivity contribution in [3.05, 3.63) is 229 Å². The molecular formula is C63H52N2S. The van der Waals surface area contributed by atoms with Gasteiger partial charge in [-0.2, -0.15) is 0 Å². The van der Waals surface area contributed by atoms with Gasteiger partial charge in [-0.3, -0.25) is 0 Å². The van der Waals surface area contributed by atoms with Crippen LogP contribution in [0.3, 0.4) is 0 Å². The van der Waals surface area contributed by atoms with E-state index in [1.807, 2.05) is 11.3 Å². The average Bonchev–Trinajstić information content (AvgIpc) is 3.94. The molecule has 0 spiro atoms. The Morgan fingerprint density at radius 1 is 0.561 bits per heavy atom. The van der Waals surface area contributed by atoms with Gasteiger partial charge in [-0.15, -0.1) is 11.3 Å². The van der Waals surface area contributed by atoms with Crippen LogP contribution in [0.4, 0.5) is 11.4 Å². The van der Waals surface area contributed by atoms with E-state index in [4.69, 9.17) is 0 Å². The van der Waals surface area contributed by atoms with Crippen molar-refractivity contribution >= 4 is 70.8 Å². The Morgan fingerprint density at radius 3 is 2.17 bits per heavy atom. The van der Waals surface area contributed by atoms with E-state index >= 15 is 0 Å². The highest BCUT2D eigenvalue weighted by molar-refractivity contribution is 7.25. The van der Waals surface area contributed by atoms with Crippen LogP contribution >= 0.6 is 11.3 Å². The van der Waals surface area contributed by atoms with E-state index in [0.29, 0.717) is 23.8 Å². The molecule has 4 atom stereocenters. The smallest absolute Gasteiger partial charge is 0.0555 e. The highest BCUT2D eigenvalue weighted by atomic mass is 32.1. The number of rotatable bonds is 11. The number of hydrogen-bond acceptors (Lipinski definition) is 2. The second-order valence-corrected chi connectivity index (χ2v) is 19.4. The number of allylic oxidation sites excluding steroid dienone is 5. The zero-order valence-electron chi connectivity index (χ0n) is 37.5. The molecule has 4 unspecified atom stereocenters. The normalized spacial score (nSPS) is 16.2. The second-order valence-electron chi connectivity index (χ2n) is 18.3. The van der Waals surface area contributed by atoms with E-state index in [1.54, 1.807) is 0 Å². The van der Waals surface area contributed by atoms with Crippen LogP contribution in [0.25, 0.3) is 76.0 Å². The molecule has 2 nitrogen and oxygen atoms in total. The molecule has 10 aromatic rings. The third kappa shape index (κ3) is 7.01. The summed E-state index contributed by atoms with van der Waals surface area (Å²) in [7, 11) is 0. The van der Waals surface area contributed by atoms with Gasteiger partial charge >= 0.3 is 0 Å². The minimum absolute atomic E-state index is 0.293. The standard InChI is InChI=1S/C63H52N2S/c1-3-49(36-30-42(2)46-35-39-53-48(40-46)32-31-45-18-7-8-21-52(45)53)64(50-37-33-44(34-38-50)43-16-5-4-6-17-43)51-20-13-19-47(41-51)54-24-14-26-58-62(54)55-22-9-11-25-57(55)65(58)59-27-15-29-61-63(59)56-23-10-12-28-60(56)66-61/h4-29,31-35,37-42,45,49,52H,3,30,36H2,1-2H3. The predicted molar refractivity (Wildman–Crippen MR) is 285 cm³/mol. The van der Waals surface area contributed by atoms with Gasteiger partial charge in [0.15, 0.2) is 0 Å². The van der Waals surface area contributed by atoms with Crippen molar-refractivity contribution in [1.29, 1.82) is 0 Å². The summed E-state index contributed by atoms with van der Waals surface area (Å²) in [4.78, 5) is 2.63. The third-order valence-electron chi connectivity index (χ3n) is 14.5. The van der Waals surface area contributed by atoms with E-state index in [0.717, 1.165) is 19.3 Å². The Bertz CT molecular complexity index is 3510. The topological polar surface area (TPSA) is 8.17 Å². The largest absolute Gasteiger partial charge is 0.338 e. The van der Waals surface area contributed by atoms with Crippen LogP contribution in [0.15, 0.2) is 212 Å². The molecule has 0 bridgehead atoms.